The number of fused-ring (bicyclic) bond motifs is 1. The molecule has 1 fully saturated rings. The number of ether oxygens (including phenoxy) is 1. The Hall–Kier alpha value is -2.08. The smallest absolute Gasteiger partial charge is 0.267 e. The van der Waals surface area contributed by atoms with E-state index in [0.29, 0.717) is 31.2 Å². The van der Waals surface area contributed by atoms with Crippen LogP contribution < -0.4 is 20.3 Å². The molecule has 2 aliphatic rings. The molecule has 1 aromatic rings. The highest BCUT2D eigenvalue weighted by Crippen LogP contribution is 2.33. The minimum Gasteiger partial charge on any atom is -0.479 e. The largest absolute Gasteiger partial charge is 0.479 e. The Morgan fingerprint density at radius 3 is 3.04 bits per heavy atom. The van der Waals surface area contributed by atoms with Crippen molar-refractivity contribution in [1.82, 2.24) is 10.6 Å². The van der Waals surface area contributed by atoms with Gasteiger partial charge >= 0.3 is 0 Å². The molecule has 2 atom stereocenters. The quantitative estimate of drug-likeness (QED) is 0.824. The van der Waals surface area contributed by atoms with E-state index in [1.54, 1.807) is 11.8 Å². The molecule has 6 heteroatoms. The van der Waals surface area contributed by atoms with E-state index in [2.05, 4.69) is 10.6 Å². The number of hydrogen-bond donors (Lipinski definition) is 2. The van der Waals surface area contributed by atoms with Gasteiger partial charge in [-0.1, -0.05) is 12.1 Å². The summed E-state index contributed by atoms with van der Waals surface area (Å²) in [6, 6.07) is 7.45. The van der Waals surface area contributed by atoms with E-state index in [4.69, 9.17) is 4.74 Å². The highest BCUT2D eigenvalue weighted by molar-refractivity contribution is 6.00. The highest BCUT2D eigenvalue weighted by atomic mass is 16.5. The van der Waals surface area contributed by atoms with Crippen molar-refractivity contribution in [1.29, 1.82) is 0 Å². The second-order valence-electron chi connectivity index (χ2n) is 6.47. The number of carbonyl (C=O) groups is 2. The standard InChI is InChI=1S/C18H25N3O3/c1-13-18(23)21(15-4-2-3-5-16(15)24-13)11-8-17(22)20-10-7-14-6-9-19-12-14/h2-5,13-14,19H,6-12H2,1H3,(H,20,22). The van der Waals surface area contributed by atoms with Crippen LogP contribution in [0.25, 0.3) is 0 Å². The minimum absolute atomic E-state index is 0.00891. The van der Waals surface area contributed by atoms with Crippen LogP contribution in [0.4, 0.5) is 5.69 Å². The average molecular weight is 331 g/mol. The van der Waals surface area contributed by atoms with E-state index < -0.39 is 6.10 Å². The fraction of sp³-hybridized carbons (Fsp3) is 0.556. The van der Waals surface area contributed by atoms with Crippen LogP contribution in [0.2, 0.25) is 0 Å². The summed E-state index contributed by atoms with van der Waals surface area (Å²) in [7, 11) is 0. The summed E-state index contributed by atoms with van der Waals surface area (Å²) >= 11 is 0. The first kappa shape index (κ1) is 16.8. The molecule has 0 bridgehead atoms. The van der Waals surface area contributed by atoms with Gasteiger partial charge in [0.05, 0.1) is 5.69 Å². The van der Waals surface area contributed by atoms with Gasteiger partial charge in [-0.3, -0.25) is 9.59 Å². The Bertz CT molecular complexity index is 599. The molecule has 2 aliphatic heterocycles. The number of nitrogens with one attached hydrogen (secondary N) is 2. The summed E-state index contributed by atoms with van der Waals surface area (Å²) < 4.78 is 5.61. The Morgan fingerprint density at radius 1 is 1.42 bits per heavy atom. The van der Waals surface area contributed by atoms with Gasteiger partial charge in [-0.2, -0.15) is 0 Å². The summed E-state index contributed by atoms with van der Waals surface area (Å²) in [5.41, 5.74) is 0.741. The third kappa shape index (κ3) is 3.87. The second-order valence-corrected chi connectivity index (χ2v) is 6.47. The molecule has 2 heterocycles. The van der Waals surface area contributed by atoms with Crippen molar-refractivity contribution in [3.8, 4) is 5.75 Å². The normalized spacial score (nSPS) is 22.9. The van der Waals surface area contributed by atoms with Crippen molar-refractivity contribution < 1.29 is 14.3 Å². The lowest BCUT2D eigenvalue weighted by molar-refractivity contribution is -0.125. The third-order valence-corrected chi connectivity index (χ3v) is 4.67. The highest BCUT2D eigenvalue weighted by Gasteiger charge is 2.31. The molecule has 24 heavy (non-hydrogen) atoms. The van der Waals surface area contributed by atoms with E-state index in [1.165, 1.54) is 6.42 Å². The number of amides is 2. The number of anilines is 1. The van der Waals surface area contributed by atoms with Gasteiger partial charge in [0.1, 0.15) is 5.75 Å². The monoisotopic (exact) mass is 331 g/mol. The van der Waals surface area contributed by atoms with Gasteiger partial charge in [0.2, 0.25) is 5.91 Å². The molecule has 0 aliphatic carbocycles. The Kier molecular flexibility index (Phi) is 5.35. The molecule has 2 N–H and O–H groups in total. The molecule has 0 spiro atoms. The molecule has 1 aromatic carbocycles. The van der Waals surface area contributed by atoms with Crippen LogP contribution in [0.3, 0.4) is 0 Å². The van der Waals surface area contributed by atoms with Crippen molar-refractivity contribution in [2.24, 2.45) is 5.92 Å². The SMILES string of the molecule is CC1Oc2ccccc2N(CCC(=O)NCCC2CCNC2)C1=O. The van der Waals surface area contributed by atoms with Crippen molar-refractivity contribution in [2.75, 3.05) is 31.1 Å². The maximum atomic E-state index is 12.4. The minimum atomic E-state index is -0.516. The van der Waals surface area contributed by atoms with Crippen molar-refractivity contribution in [3.05, 3.63) is 24.3 Å². The first-order chi connectivity index (χ1) is 11.6. The Balaban J connectivity index is 1.49. The number of carbonyl (C=O) groups excluding carboxylic acids is 2. The van der Waals surface area contributed by atoms with Crippen LogP contribution in [-0.4, -0.2) is 44.1 Å². The Labute approximate surface area is 142 Å². The summed E-state index contributed by atoms with van der Waals surface area (Å²) in [5, 5.41) is 6.29. The predicted octanol–water partition coefficient (Wildman–Crippen LogP) is 1.31. The van der Waals surface area contributed by atoms with Gasteiger partial charge in [-0.15, -0.1) is 0 Å². The summed E-state index contributed by atoms with van der Waals surface area (Å²) in [5.74, 6) is 1.25. The number of rotatable bonds is 6. The number of hydrogen-bond acceptors (Lipinski definition) is 4. The van der Waals surface area contributed by atoms with E-state index in [0.717, 1.165) is 25.2 Å². The van der Waals surface area contributed by atoms with Gasteiger partial charge in [0, 0.05) is 19.5 Å². The van der Waals surface area contributed by atoms with E-state index in [9.17, 15) is 9.59 Å². The first-order valence-corrected chi connectivity index (χ1v) is 8.69. The van der Waals surface area contributed by atoms with E-state index >= 15 is 0 Å². The fourth-order valence-electron chi connectivity index (χ4n) is 3.27. The third-order valence-electron chi connectivity index (χ3n) is 4.67. The van der Waals surface area contributed by atoms with Crippen LogP contribution in [0.5, 0.6) is 5.75 Å². The molecular formula is C18H25N3O3. The zero-order valence-corrected chi connectivity index (χ0v) is 14.1. The van der Waals surface area contributed by atoms with Crippen LogP contribution in [-0.2, 0) is 9.59 Å². The summed E-state index contributed by atoms with van der Waals surface area (Å²) in [6.07, 6.45) is 1.98. The summed E-state index contributed by atoms with van der Waals surface area (Å²) in [4.78, 5) is 26.1. The molecule has 0 saturated carbocycles. The van der Waals surface area contributed by atoms with Crippen LogP contribution in [0.1, 0.15) is 26.2 Å². The molecule has 2 unspecified atom stereocenters. The van der Waals surface area contributed by atoms with Gasteiger partial charge in [-0.25, -0.2) is 0 Å². The van der Waals surface area contributed by atoms with Gasteiger partial charge in [0.15, 0.2) is 6.10 Å². The van der Waals surface area contributed by atoms with E-state index in [-0.39, 0.29) is 11.8 Å². The predicted molar refractivity (Wildman–Crippen MR) is 92.1 cm³/mol. The number of benzene rings is 1. The van der Waals surface area contributed by atoms with Crippen molar-refractivity contribution in [2.45, 2.75) is 32.3 Å². The second kappa shape index (κ2) is 7.66. The molecule has 0 aromatic heterocycles. The molecule has 3 rings (SSSR count). The zero-order valence-electron chi connectivity index (χ0n) is 14.1. The van der Waals surface area contributed by atoms with Gasteiger partial charge < -0.3 is 20.3 Å². The maximum absolute atomic E-state index is 12.4. The van der Waals surface area contributed by atoms with E-state index in [1.807, 2.05) is 24.3 Å². The molecule has 2 amide bonds. The van der Waals surface area contributed by atoms with Gasteiger partial charge in [0.25, 0.3) is 5.91 Å². The summed E-state index contributed by atoms with van der Waals surface area (Å²) in [6.45, 7) is 4.94. The van der Waals surface area contributed by atoms with Gasteiger partial charge in [-0.05, 0) is 50.9 Å². The fourth-order valence-corrected chi connectivity index (χ4v) is 3.27. The lowest BCUT2D eigenvalue weighted by Gasteiger charge is -2.32. The number of para-hydroxylation sites is 2. The maximum Gasteiger partial charge on any atom is 0.267 e. The van der Waals surface area contributed by atoms with Crippen molar-refractivity contribution >= 4 is 17.5 Å². The van der Waals surface area contributed by atoms with Crippen LogP contribution >= 0.6 is 0 Å². The Morgan fingerprint density at radius 2 is 2.25 bits per heavy atom. The molecule has 6 nitrogen and oxygen atoms in total. The molecule has 0 radical (unpaired) electrons. The molecule has 1 saturated heterocycles. The zero-order chi connectivity index (χ0) is 16.9. The lowest BCUT2D eigenvalue weighted by atomic mass is 10.1. The molecular weight excluding hydrogens is 306 g/mol. The van der Waals surface area contributed by atoms with Crippen LogP contribution in [0.15, 0.2) is 24.3 Å². The first-order valence-electron chi connectivity index (χ1n) is 8.69. The lowest BCUT2D eigenvalue weighted by Crippen LogP contribution is -2.45. The van der Waals surface area contributed by atoms with Crippen LogP contribution in [0, 0.1) is 5.92 Å². The average Bonchev–Trinajstić information content (AvgIpc) is 3.09. The molecule has 130 valence electrons. The van der Waals surface area contributed by atoms with Crippen molar-refractivity contribution in [3.63, 3.8) is 0 Å². The topological polar surface area (TPSA) is 70.7 Å². The number of nitrogens with zero attached hydrogens (tertiary/aromatic N) is 1.